The van der Waals surface area contributed by atoms with Crippen LogP contribution < -0.4 is 11.1 Å². The van der Waals surface area contributed by atoms with Crippen molar-refractivity contribution < 1.29 is 5.21 Å². The fraction of sp³-hybridized carbons (Fsp3) is 0.917. The van der Waals surface area contributed by atoms with Crippen molar-refractivity contribution in [2.45, 2.75) is 46.0 Å². The van der Waals surface area contributed by atoms with Gasteiger partial charge in [-0.3, -0.25) is 0 Å². The van der Waals surface area contributed by atoms with Gasteiger partial charge in [0.2, 0.25) is 0 Å². The monoisotopic (exact) mass is 227 g/mol. The Bertz CT molecular complexity index is 234. The van der Waals surface area contributed by atoms with E-state index in [-0.39, 0.29) is 5.41 Å². The zero-order chi connectivity index (χ0) is 12.0. The molecule has 16 heavy (non-hydrogen) atoms. The number of amidine groups is 1. The number of hydrogen-bond donors (Lipinski definition) is 3. The Hall–Kier alpha value is -0.770. The zero-order valence-corrected chi connectivity index (χ0v) is 10.5. The molecule has 4 heteroatoms. The number of hydrogen-bond acceptors (Lipinski definition) is 3. The van der Waals surface area contributed by atoms with Gasteiger partial charge in [0.25, 0.3) is 0 Å². The van der Waals surface area contributed by atoms with Crippen molar-refractivity contribution in [1.29, 1.82) is 0 Å². The topological polar surface area (TPSA) is 70.6 Å². The third-order valence-electron chi connectivity index (χ3n) is 3.34. The number of unbranched alkanes of at least 4 members (excludes halogenated alkanes) is 1. The smallest absolute Gasteiger partial charge is 0.144 e. The molecule has 0 amide bonds. The van der Waals surface area contributed by atoms with Gasteiger partial charge >= 0.3 is 0 Å². The van der Waals surface area contributed by atoms with Crippen LogP contribution in [-0.2, 0) is 0 Å². The number of nitrogens with one attached hydrogen (secondary N) is 1. The third kappa shape index (κ3) is 4.84. The maximum absolute atomic E-state index is 8.63. The molecule has 94 valence electrons. The van der Waals surface area contributed by atoms with Crippen molar-refractivity contribution >= 4 is 5.84 Å². The molecule has 0 spiro atoms. The van der Waals surface area contributed by atoms with E-state index in [4.69, 9.17) is 10.9 Å². The summed E-state index contributed by atoms with van der Waals surface area (Å²) in [5.41, 5.74) is 5.43. The molecule has 1 aliphatic rings. The lowest BCUT2D eigenvalue weighted by atomic mass is 9.86. The van der Waals surface area contributed by atoms with E-state index in [0.29, 0.717) is 5.84 Å². The van der Waals surface area contributed by atoms with Gasteiger partial charge in [-0.1, -0.05) is 25.4 Å². The predicted octanol–water partition coefficient (Wildman–Crippen LogP) is 1.93. The summed E-state index contributed by atoms with van der Waals surface area (Å²) in [5, 5.41) is 15.2. The van der Waals surface area contributed by atoms with Crippen LogP contribution in [0.2, 0.25) is 0 Å². The summed E-state index contributed by atoms with van der Waals surface area (Å²) in [7, 11) is 0. The fourth-order valence-electron chi connectivity index (χ4n) is 1.71. The Kier molecular flexibility index (Phi) is 5.06. The van der Waals surface area contributed by atoms with E-state index < -0.39 is 0 Å². The normalized spacial score (nSPS) is 17.8. The number of nitrogens with zero attached hydrogens (tertiary/aromatic N) is 1. The average molecular weight is 227 g/mol. The predicted molar refractivity (Wildman–Crippen MR) is 66.6 cm³/mol. The molecule has 0 unspecified atom stereocenters. The van der Waals surface area contributed by atoms with Crippen LogP contribution in [0, 0.1) is 11.3 Å². The van der Waals surface area contributed by atoms with E-state index >= 15 is 0 Å². The third-order valence-corrected chi connectivity index (χ3v) is 3.34. The molecule has 0 aromatic heterocycles. The molecule has 4 nitrogen and oxygen atoms in total. The minimum absolute atomic E-state index is 0.189. The van der Waals surface area contributed by atoms with Crippen LogP contribution in [-0.4, -0.2) is 24.1 Å². The Labute approximate surface area is 98.3 Å². The molecule has 0 aliphatic heterocycles. The molecule has 0 atom stereocenters. The molecular formula is C12H25N3O. The number of nitrogens with two attached hydrogens (primary N) is 1. The Balaban J connectivity index is 2.00. The highest BCUT2D eigenvalue weighted by Gasteiger charge is 2.23. The maximum atomic E-state index is 8.63. The van der Waals surface area contributed by atoms with E-state index in [9.17, 15) is 0 Å². The Morgan fingerprint density at radius 2 is 2.12 bits per heavy atom. The van der Waals surface area contributed by atoms with Crippen molar-refractivity contribution in [2.75, 3.05) is 13.1 Å². The van der Waals surface area contributed by atoms with Crippen molar-refractivity contribution in [3.63, 3.8) is 0 Å². The van der Waals surface area contributed by atoms with Gasteiger partial charge in [0, 0.05) is 5.41 Å². The van der Waals surface area contributed by atoms with Gasteiger partial charge in [-0.2, -0.15) is 0 Å². The second-order valence-electron chi connectivity index (χ2n) is 5.47. The van der Waals surface area contributed by atoms with Crippen LogP contribution in [0.25, 0.3) is 0 Å². The van der Waals surface area contributed by atoms with Crippen molar-refractivity contribution in [2.24, 2.45) is 22.2 Å². The lowest BCUT2D eigenvalue weighted by Crippen LogP contribution is -2.32. The van der Waals surface area contributed by atoms with E-state index in [1.165, 1.54) is 19.4 Å². The molecular weight excluding hydrogens is 202 g/mol. The SMILES string of the molecule is CC(C)(CCCCNCC1CC1)C(N)=NO. The second kappa shape index (κ2) is 6.09. The summed E-state index contributed by atoms with van der Waals surface area (Å²) < 4.78 is 0. The molecule has 0 radical (unpaired) electrons. The minimum atomic E-state index is -0.189. The van der Waals surface area contributed by atoms with Gasteiger partial charge in [-0.25, -0.2) is 0 Å². The van der Waals surface area contributed by atoms with E-state index in [1.54, 1.807) is 0 Å². The fourth-order valence-corrected chi connectivity index (χ4v) is 1.71. The summed E-state index contributed by atoms with van der Waals surface area (Å²) in [4.78, 5) is 0. The summed E-state index contributed by atoms with van der Waals surface area (Å²) in [6, 6.07) is 0. The largest absolute Gasteiger partial charge is 0.409 e. The number of rotatable bonds is 8. The summed E-state index contributed by atoms with van der Waals surface area (Å²) in [6.45, 7) is 6.30. The highest BCUT2D eigenvalue weighted by atomic mass is 16.4. The molecule has 0 bridgehead atoms. The van der Waals surface area contributed by atoms with Crippen LogP contribution in [0.5, 0.6) is 0 Å². The first kappa shape index (κ1) is 13.3. The molecule has 1 aliphatic carbocycles. The van der Waals surface area contributed by atoms with Crippen LogP contribution in [0.1, 0.15) is 46.0 Å². The van der Waals surface area contributed by atoms with Gasteiger partial charge < -0.3 is 16.3 Å². The Morgan fingerprint density at radius 3 is 2.69 bits per heavy atom. The minimum Gasteiger partial charge on any atom is -0.409 e. The molecule has 0 aromatic rings. The van der Waals surface area contributed by atoms with Gasteiger partial charge in [-0.15, -0.1) is 0 Å². The van der Waals surface area contributed by atoms with Crippen LogP contribution >= 0.6 is 0 Å². The molecule has 0 saturated heterocycles. The van der Waals surface area contributed by atoms with Crippen LogP contribution in [0.15, 0.2) is 5.16 Å². The molecule has 0 heterocycles. The van der Waals surface area contributed by atoms with Gasteiger partial charge in [0.05, 0.1) is 0 Å². The first-order valence-electron chi connectivity index (χ1n) is 6.25. The first-order valence-corrected chi connectivity index (χ1v) is 6.25. The molecule has 1 fully saturated rings. The molecule has 1 rings (SSSR count). The van der Waals surface area contributed by atoms with Gasteiger partial charge in [-0.05, 0) is 44.7 Å². The van der Waals surface area contributed by atoms with E-state index in [1.807, 2.05) is 13.8 Å². The highest BCUT2D eigenvalue weighted by molar-refractivity contribution is 5.85. The Morgan fingerprint density at radius 1 is 1.44 bits per heavy atom. The van der Waals surface area contributed by atoms with Crippen molar-refractivity contribution in [3.8, 4) is 0 Å². The van der Waals surface area contributed by atoms with E-state index in [0.717, 1.165) is 31.7 Å². The highest BCUT2D eigenvalue weighted by Crippen LogP contribution is 2.27. The standard InChI is InChI=1S/C12H25N3O/c1-12(2,11(13)15-16)7-3-4-8-14-9-10-5-6-10/h10,14,16H,3-9H2,1-2H3,(H2,13,15). The maximum Gasteiger partial charge on any atom is 0.144 e. The second-order valence-corrected chi connectivity index (χ2v) is 5.47. The summed E-state index contributed by atoms with van der Waals surface area (Å²) in [5.74, 6) is 1.28. The van der Waals surface area contributed by atoms with Gasteiger partial charge in [0.1, 0.15) is 5.84 Å². The summed E-state index contributed by atoms with van der Waals surface area (Å²) in [6.07, 6.45) is 6.05. The molecule has 4 N–H and O–H groups in total. The quantitative estimate of drug-likeness (QED) is 0.195. The average Bonchev–Trinajstić information content (AvgIpc) is 3.05. The summed E-state index contributed by atoms with van der Waals surface area (Å²) >= 11 is 0. The zero-order valence-electron chi connectivity index (χ0n) is 10.5. The first-order chi connectivity index (χ1) is 7.56. The lowest BCUT2D eigenvalue weighted by Gasteiger charge is -2.22. The van der Waals surface area contributed by atoms with Crippen LogP contribution in [0.3, 0.4) is 0 Å². The van der Waals surface area contributed by atoms with Gasteiger partial charge in [0.15, 0.2) is 0 Å². The van der Waals surface area contributed by atoms with Crippen molar-refractivity contribution in [1.82, 2.24) is 5.32 Å². The lowest BCUT2D eigenvalue weighted by molar-refractivity contribution is 0.304. The molecule has 1 saturated carbocycles. The van der Waals surface area contributed by atoms with Crippen molar-refractivity contribution in [3.05, 3.63) is 0 Å². The number of oxime groups is 1. The van der Waals surface area contributed by atoms with Crippen LogP contribution in [0.4, 0.5) is 0 Å². The van der Waals surface area contributed by atoms with E-state index in [2.05, 4.69) is 10.5 Å². The molecule has 0 aromatic carbocycles.